The molecule has 0 unspecified atom stereocenters. The molecule has 0 saturated carbocycles. The van der Waals surface area contributed by atoms with E-state index in [1.54, 1.807) is 5.01 Å². The summed E-state index contributed by atoms with van der Waals surface area (Å²) in [6, 6.07) is 0. The number of nitrogens with zero attached hydrogens (tertiary/aromatic N) is 4. The number of aromatic nitrogens is 2. The van der Waals surface area contributed by atoms with Gasteiger partial charge in [-0.05, 0) is 6.92 Å². The number of halogens is 1. The SMILES string of the molecule is CC1=Nc2c(Cl)cnnc2N(C)N1. The van der Waals surface area contributed by atoms with Gasteiger partial charge < -0.3 is 0 Å². The van der Waals surface area contributed by atoms with Crippen LogP contribution in [-0.2, 0) is 0 Å². The minimum atomic E-state index is 0.512. The molecule has 0 radical (unpaired) electrons. The van der Waals surface area contributed by atoms with E-state index in [0.717, 1.165) is 5.84 Å². The Morgan fingerprint density at radius 3 is 3.08 bits per heavy atom. The Kier molecular flexibility index (Phi) is 1.81. The Morgan fingerprint density at radius 2 is 2.31 bits per heavy atom. The van der Waals surface area contributed by atoms with Crippen LogP contribution in [0.3, 0.4) is 0 Å². The van der Waals surface area contributed by atoms with Gasteiger partial charge in [0.25, 0.3) is 0 Å². The first-order chi connectivity index (χ1) is 6.18. The first-order valence-electron chi connectivity index (χ1n) is 3.75. The monoisotopic (exact) mass is 197 g/mol. The summed E-state index contributed by atoms with van der Waals surface area (Å²) in [5.74, 6) is 1.42. The highest BCUT2D eigenvalue weighted by Gasteiger charge is 2.17. The summed E-state index contributed by atoms with van der Waals surface area (Å²) in [5, 5.41) is 9.90. The van der Waals surface area contributed by atoms with Crippen molar-refractivity contribution in [3.05, 3.63) is 11.2 Å². The molecular weight excluding hydrogens is 190 g/mol. The second-order valence-corrected chi connectivity index (χ2v) is 3.14. The molecule has 0 fully saturated rings. The topological polar surface area (TPSA) is 53.4 Å². The predicted molar refractivity (Wildman–Crippen MR) is 51.3 cm³/mol. The normalized spacial score (nSPS) is 14.7. The molecule has 0 spiro atoms. The molecule has 13 heavy (non-hydrogen) atoms. The highest BCUT2D eigenvalue weighted by Crippen LogP contribution is 2.33. The zero-order valence-electron chi connectivity index (χ0n) is 7.24. The van der Waals surface area contributed by atoms with Gasteiger partial charge in [-0.3, -0.25) is 10.4 Å². The largest absolute Gasteiger partial charge is 0.284 e. The fourth-order valence-electron chi connectivity index (χ4n) is 1.17. The molecule has 1 aliphatic rings. The van der Waals surface area contributed by atoms with Crippen LogP contribution < -0.4 is 10.4 Å². The highest BCUT2D eigenvalue weighted by molar-refractivity contribution is 6.33. The molecule has 0 aliphatic carbocycles. The molecule has 0 amide bonds. The molecule has 68 valence electrons. The lowest BCUT2D eigenvalue weighted by molar-refractivity contribution is 0.814. The van der Waals surface area contributed by atoms with Gasteiger partial charge in [0, 0.05) is 7.05 Å². The van der Waals surface area contributed by atoms with E-state index in [1.165, 1.54) is 6.20 Å². The van der Waals surface area contributed by atoms with Gasteiger partial charge in [-0.15, -0.1) is 5.10 Å². The number of fused-ring (bicyclic) bond motifs is 1. The van der Waals surface area contributed by atoms with Crippen molar-refractivity contribution in [3.63, 3.8) is 0 Å². The first kappa shape index (κ1) is 8.25. The zero-order valence-corrected chi connectivity index (χ0v) is 8.00. The lowest BCUT2D eigenvalue weighted by atomic mass is 10.4. The number of anilines is 1. The number of hydrogen-bond acceptors (Lipinski definition) is 5. The smallest absolute Gasteiger partial charge is 0.197 e. The number of rotatable bonds is 0. The van der Waals surface area contributed by atoms with Crippen LogP contribution in [0.4, 0.5) is 11.5 Å². The van der Waals surface area contributed by atoms with Gasteiger partial charge in [-0.25, -0.2) is 4.99 Å². The molecule has 0 atom stereocenters. The summed E-state index contributed by atoms with van der Waals surface area (Å²) in [6.07, 6.45) is 1.48. The summed E-state index contributed by atoms with van der Waals surface area (Å²) in [4.78, 5) is 4.23. The van der Waals surface area contributed by atoms with Crippen molar-refractivity contribution in [2.75, 3.05) is 12.1 Å². The Balaban J connectivity index is 2.62. The van der Waals surface area contributed by atoms with Gasteiger partial charge in [0.1, 0.15) is 11.5 Å². The molecule has 1 aromatic heterocycles. The minimum absolute atomic E-state index is 0.512. The summed E-state index contributed by atoms with van der Waals surface area (Å²) in [7, 11) is 1.84. The van der Waals surface area contributed by atoms with Crippen LogP contribution in [0.15, 0.2) is 11.2 Å². The Morgan fingerprint density at radius 1 is 1.54 bits per heavy atom. The van der Waals surface area contributed by atoms with Crippen LogP contribution in [-0.4, -0.2) is 23.1 Å². The Labute approximate surface area is 80.4 Å². The van der Waals surface area contributed by atoms with E-state index in [-0.39, 0.29) is 0 Å². The maximum atomic E-state index is 5.91. The Hall–Kier alpha value is -1.36. The van der Waals surface area contributed by atoms with Crippen LogP contribution in [0.25, 0.3) is 0 Å². The van der Waals surface area contributed by atoms with Gasteiger partial charge in [-0.1, -0.05) is 11.6 Å². The first-order valence-corrected chi connectivity index (χ1v) is 4.13. The standard InChI is InChI=1S/C7H8ClN5/c1-4-10-6-5(8)3-9-11-7(6)13(2)12-4/h3H,1-2H3,(H,10,12). The average Bonchev–Trinajstić information content (AvgIpc) is 2.07. The summed E-state index contributed by atoms with van der Waals surface area (Å²) in [5.41, 5.74) is 3.65. The van der Waals surface area contributed by atoms with E-state index in [0.29, 0.717) is 16.5 Å². The van der Waals surface area contributed by atoms with Crippen molar-refractivity contribution < 1.29 is 0 Å². The zero-order chi connectivity index (χ0) is 9.42. The molecular formula is C7H8ClN5. The summed E-state index contributed by atoms with van der Waals surface area (Å²) < 4.78 is 0. The molecule has 2 rings (SSSR count). The van der Waals surface area contributed by atoms with Crippen molar-refractivity contribution in [3.8, 4) is 0 Å². The number of nitrogens with one attached hydrogen (secondary N) is 1. The predicted octanol–water partition coefficient (Wildman–Crippen LogP) is 1.13. The average molecular weight is 198 g/mol. The fourth-order valence-corrected chi connectivity index (χ4v) is 1.34. The number of hydrazine groups is 1. The van der Waals surface area contributed by atoms with Crippen LogP contribution >= 0.6 is 11.6 Å². The Bertz CT molecular complexity index is 375. The third kappa shape index (κ3) is 1.31. The highest BCUT2D eigenvalue weighted by atomic mass is 35.5. The molecule has 0 saturated heterocycles. The van der Waals surface area contributed by atoms with Gasteiger partial charge in [-0.2, -0.15) is 5.10 Å². The van der Waals surface area contributed by atoms with E-state index in [9.17, 15) is 0 Å². The second kappa shape index (κ2) is 2.85. The van der Waals surface area contributed by atoms with E-state index in [2.05, 4.69) is 20.6 Å². The van der Waals surface area contributed by atoms with Gasteiger partial charge in [0.15, 0.2) is 5.82 Å². The summed E-state index contributed by atoms with van der Waals surface area (Å²) >= 11 is 5.91. The third-order valence-electron chi connectivity index (χ3n) is 1.69. The number of aliphatic imine (C=N–C) groups is 1. The van der Waals surface area contributed by atoms with Crippen LogP contribution in [0.5, 0.6) is 0 Å². The van der Waals surface area contributed by atoms with Gasteiger partial charge >= 0.3 is 0 Å². The molecule has 1 aromatic rings. The van der Waals surface area contributed by atoms with E-state index in [1.807, 2.05) is 14.0 Å². The molecule has 1 N–H and O–H groups in total. The molecule has 0 bridgehead atoms. The third-order valence-corrected chi connectivity index (χ3v) is 1.96. The lowest BCUT2D eigenvalue weighted by Gasteiger charge is -2.25. The molecule has 2 heterocycles. The molecule has 6 heteroatoms. The van der Waals surface area contributed by atoms with Crippen molar-refractivity contribution in [1.82, 2.24) is 15.6 Å². The van der Waals surface area contributed by atoms with Crippen molar-refractivity contribution in [1.29, 1.82) is 0 Å². The second-order valence-electron chi connectivity index (χ2n) is 2.73. The number of amidine groups is 1. The van der Waals surface area contributed by atoms with Gasteiger partial charge in [0.05, 0.1) is 11.2 Å². The molecule has 1 aliphatic heterocycles. The minimum Gasteiger partial charge on any atom is -0.284 e. The van der Waals surface area contributed by atoms with E-state index < -0.39 is 0 Å². The number of hydrogen-bond donors (Lipinski definition) is 1. The fraction of sp³-hybridized carbons (Fsp3) is 0.286. The maximum absolute atomic E-state index is 5.91. The lowest BCUT2D eigenvalue weighted by Crippen LogP contribution is -2.40. The van der Waals surface area contributed by atoms with Crippen LogP contribution in [0, 0.1) is 0 Å². The van der Waals surface area contributed by atoms with Crippen molar-refractivity contribution in [2.24, 2.45) is 4.99 Å². The van der Waals surface area contributed by atoms with Crippen molar-refractivity contribution in [2.45, 2.75) is 6.92 Å². The van der Waals surface area contributed by atoms with Crippen LogP contribution in [0.2, 0.25) is 5.02 Å². The quantitative estimate of drug-likeness (QED) is 0.678. The van der Waals surface area contributed by atoms with E-state index >= 15 is 0 Å². The van der Waals surface area contributed by atoms with Crippen LogP contribution in [0.1, 0.15) is 6.92 Å². The maximum Gasteiger partial charge on any atom is 0.197 e. The summed E-state index contributed by atoms with van der Waals surface area (Å²) in [6.45, 7) is 1.86. The van der Waals surface area contributed by atoms with E-state index in [4.69, 9.17) is 11.6 Å². The van der Waals surface area contributed by atoms with Gasteiger partial charge in [0.2, 0.25) is 0 Å². The molecule has 5 nitrogen and oxygen atoms in total. The molecule has 0 aromatic carbocycles. The van der Waals surface area contributed by atoms with Crippen molar-refractivity contribution >= 4 is 28.9 Å².